The van der Waals surface area contributed by atoms with E-state index < -0.39 is 23.7 Å². The summed E-state index contributed by atoms with van der Waals surface area (Å²) in [6.45, 7) is 2.87. The van der Waals surface area contributed by atoms with Gasteiger partial charge in [0.15, 0.2) is 23.1 Å². The second kappa shape index (κ2) is 11.6. The highest BCUT2D eigenvalue weighted by Crippen LogP contribution is 2.53. The first-order valence-electron chi connectivity index (χ1n) is 15.0. The first-order valence-corrected chi connectivity index (χ1v) is 15.8. The molecule has 0 spiro atoms. The topological polar surface area (TPSA) is 113 Å². The highest BCUT2D eigenvalue weighted by atomic mass is 79.9. The maximum atomic E-state index is 14.2. The van der Waals surface area contributed by atoms with Crippen LogP contribution < -0.4 is 14.5 Å². The minimum atomic E-state index is -0.650. The minimum absolute atomic E-state index is 0.00569. The Balaban J connectivity index is 1.23. The fraction of sp³-hybridized carbons (Fsp3) is 0.314. The Kier molecular flexibility index (Phi) is 7.57. The van der Waals surface area contributed by atoms with E-state index in [-0.39, 0.29) is 40.0 Å². The van der Waals surface area contributed by atoms with Gasteiger partial charge >= 0.3 is 0 Å². The predicted molar refractivity (Wildman–Crippen MR) is 171 cm³/mol. The number of hydrogen-bond donors (Lipinski definition) is 1. The van der Waals surface area contributed by atoms with Crippen LogP contribution in [0.2, 0.25) is 0 Å². The molecule has 2 aromatic rings. The summed E-state index contributed by atoms with van der Waals surface area (Å²) in [5.74, 6) is -2.92. The molecule has 0 saturated carbocycles. The molecule has 0 bridgehead atoms. The van der Waals surface area contributed by atoms with Gasteiger partial charge in [-0.1, -0.05) is 29.9 Å². The number of carbonyl (C=O) groups is 4. The third-order valence-corrected chi connectivity index (χ3v) is 10.1. The zero-order chi connectivity index (χ0) is 31.4. The third-order valence-electron chi connectivity index (χ3n) is 9.55. The third kappa shape index (κ3) is 4.96. The van der Waals surface area contributed by atoms with E-state index >= 15 is 0 Å². The molecule has 1 N–H and O–H groups in total. The van der Waals surface area contributed by atoms with Gasteiger partial charge in [0.2, 0.25) is 11.8 Å². The van der Waals surface area contributed by atoms with Crippen LogP contribution in [-0.4, -0.2) is 61.9 Å². The number of fused-ring (bicyclic) bond motifs is 3. The van der Waals surface area contributed by atoms with Crippen molar-refractivity contribution >= 4 is 56.8 Å². The number of ether oxygens (including phenoxy) is 2. The average Bonchev–Trinajstić information content (AvgIpc) is 3.32. The van der Waals surface area contributed by atoms with Crippen molar-refractivity contribution in [3.8, 4) is 11.5 Å². The number of allylic oxidation sites excluding steroid dienone is 7. The Labute approximate surface area is 268 Å². The maximum Gasteiger partial charge on any atom is 0.238 e. The molecule has 3 aliphatic carbocycles. The molecule has 230 valence electrons. The highest BCUT2D eigenvalue weighted by Gasteiger charge is 2.56. The number of rotatable bonds is 5. The molecule has 2 aromatic carbocycles. The molecule has 2 fully saturated rings. The molecule has 4 atom stereocenters. The molecule has 10 heteroatoms. The summed E-state index contributed by atoms with van der Waals surface area (Å²) < 4.78 is 10.9. The smallest absolute Gasteiger partial charge is 0.238 e. The first kappa shape index (κ1) is 29.4. The van der Waals surface area contributed by atoms with Crippen molar-refractivity contribution in [2.75, 3.05) is 43.2 Å². The van der Waals surface area contributed by atoms with Crippen molar-refractivity contribution in [1.82, 2.24) is 0 Å². The van der Waals surface area contributed by atoms with Crippen LogP contribution in [-0.2, 0) is 23.9 Å². The number of anilines is 2. The van der Waals surface area contributed by atoms with E-state index in [0.29, 0.717) is 42.2 Å². The van der Waals surface area contributed by atoms with Gasteiger partial charge in [0.05, 0.1) is 42.3 Å². The van der Waals surface area contributed by atoms with Gasteiger partial charge in [-0.3, -0.25) is 24.1 Å². The number of phenolic OH excluding ortho intramolecular Hbond substituents is 1. The molecule has 2 aliphatic heterocycles. The van der Waals surface area contributed by atoms with Crippen molar-refractivity contribution in [2.45, 2.75) is 12.8 Å². The summed E-state index contributed by atoms with van der Waals surface area (Å²) in [4.78, 5) is 58.3. The normalized spacial score (nSPS) is 26.5. The van der Waals surface area contributed by atoms with Crippen LogP contribution >= 0.6 is 15.9 Å². The Morgan fingerprint density at radius 2 is 1.71 bits per heavy atom. The van der Waals surface area contributed by atoms with E-state index in [2.05, 4.69) is 20.8 Å². The largest absolute Gasteiger partial charge is 0.504 e. The Hall–Kier alpha value is -4.28. The quantitative estimate of drug-likeness (QED) is 0.276. The van der Waals surface area contributed by atoms with Crippen LogP contribution in [0.5, 0.6) is 11.5 Å². The lowest BCUT2D eigenvalue weighted by molar-refractivity contribution is -0.123. The van der Waals surface area contributed by atoms with Crippen LogP contribution in [0.25, 0.3) is 6.08 Å². The molecule has 7 rings (SSSR count). The molecule has 9 nitrogen and oxygen atoms in total. The molecule has 45 heavy (non-hydrogen) atoms. The number of aromatic hydroxyl groups is 1. The van der Waals surface area contributed by atoms with Gasteiger partial charge in [-0.2, -0.15) is 0 Å². The van der Waals surface area contributed by atoms with Gasteiger partial charge in [-0.05, 0) is 76.7 Å². The number of imide groups is 1. The molecule has 2 amide bonds. The van der Waals surface area contributed by atoms with E-state index in [4.69, 9.17) is 9.47 Å². The number of carbonyl (C=O) groups excluding carboxylic acids is 4. The summed E-state index contributed by atoms with van der Waals surface area (Å²) in [7, 11) is 1.47. The van der Waals surface area contributed by atoms with Crippen molar-refractivity contribution in [2.24, 2.45) is 23.7 Å². The van der Waals surface area contributed by atoms with E-state index in [9.17, 15) is 24.3 Å². The lowest BCUT2D eigenvalue weighted by Crippen LogP contribution is -2.40. The van der Waals surface area contributed by atoms with Gasteiger partial charge in [-0.25, -0.2) is 0 Å². The van der Waals surface area contributed by atoms with E-state index in [1.165, 1.54) is 24.2 Å². The van der Waals surface area contributed by atoms with Gasteiger partial charge in [0.1, 0.15) is 0 Å². The molecule has 0 radical (unpaired) electrons. The van der Waals surface area contributed by atoms with Crippen molar-refractivity contribution in [3.63, 3.8) is 0 Å². The molecule has 4 unspecified atom stereocenters. The Bertz CT molecular complexity index is 1750. The fourth-order valence-corrected chi connectivity index (χ4v) is 7.83. The van der Waals surface area contributed by atoms with Crippen molar-refractivity contribution in [1.29, 1.82) is 0 Å². The van der Waals surface area contributed by atoms with E-state index in [0.717, 1.165) is 29.9 Å². The second-order valence-electron chi connectivity index (χ2n) is 11.9. The minimum Gasteiger partial charge on any atom is -0.504 e. The highest BCUT2D eigenvalue weighted by molar-refractivity contribution is 9.12. The molecular weight excluding hydrogens is 640 g/mol. The van der Waals surface area contributed by atoms with Crippen LogP contribution in [0, 0.1) is 23.7 Å². The summed E-state index contributed by atoms with van der Waals surface area (Å²) in [6.07, 6.45) is 7.55. The summed E-state index contributed by atoms with van der Waals surface area (Å²) in [6, 6.07) is 12.4. The van der Waals surface area contributed by atoms with Crippen LogP contribution in [0.4, 0.5) is 11.4 Å². The number of Topliss-reactive ketones (excluding diaryl/α,β-unsaturated/α-hetero) is 1. The number of morpholine rings is 1. The zero-order valence-electron chi connectivity index (χ0n) is 24.6. The molecule has 2 heterocycles. The number of benzene rings is 2. The number of hydrogen-bond acceptors (Lipinski definition) is 8. The summed E-state index contributed by atoms with van der Waals surface area (Å²) >= 11 is 3.26. The second-order valence-corrected chi connectivity index (χ2v) is 12.7. The number of halogens is 1. The zero-order valence-corrected chi connectivity index (χ0v) is 26.2. The number of methoxy groups -OCH3 is 1. The van der Waals surface area contributed by atoms with Gasteiger partial charge in [0.25, 0.3) is 0 Å². The van der Waals surface area contributed by atoms with Crippen LogP contribution in [0.3, 0.4) is 0 Å². The van der Waals surface area contributed by atoms with Crippen molar-refractivity contribution < 1.29 is 33.8 Å². The standard InChI is InChI=1S/C35H31BrN2O7/c1-44-30-16-19(3-11-28(30)39)2-8-23-22-9-10-24-32(25(22)17-26-31(23)29(40)18-27(36)33(26)41)35(43)38(34(24)42)21-6-4-20(5-7-21)37-12-14-45-15-13-37/h2-9,11,16,18,23-25,32,39H,10,12-15,17H2,1H3. The number of nitrogens with zero attached hydrogens (tertiary/aromatic N) is 2. The number of ketones is 2. The maximum absolute atomic E-state index is 14.2. The monoisotopic (exact) mass is 670 g/mol. The molecule has 0 aromatic heterocycles. The summed E-state index contributed by atoms with van der Waals surface area (Å²) in [5, 5.41) is 10.0. The van der Waals surface area contributed by atoms with Crippen molar-refractivity contribution in [3.05, 3.63) is 87.5 Å². The molecular formula is C35H31BrN2O7. The molecule has 2 saturated heterocycles. The van der Waals surface area contributed by atoms with Gasteiger partial charge in [0, 0.05) is 41.9 Å². The number of phenols is 1. The Morgan fingerprint density at radius 3 is 2.44 bits per heavy atom. The average molecular weight is 672 g/mol. The predicted octanol–water partition coefficient (Wildman–Crippen LogP) is 4.75. The lowest BCUT2D eigenvalue weighted by Gasteiger charge is -2.41. The van der Waals surface area contributed by atoms with Gasteiger partial charge in [-0.15, -0.1) is 0 Å². The number of amides is 2. The fourth-order valence-electron chi connectivity index (χ4n) is 7.38. The SMILES string of the molecule is COc1cc(C=CC2C3=CCC4C(=O)N(c5ccc(N6CCOCC6)cc5)C(=O)C4C3CC3=C2C(=O)C=C(Br)C3=O)ccc1O. The molecule has 5 aliphatic rings. The van der Waals surface area contributed by atoms with Gasteiger partial charge < -0.3 is 19.5 Å². The van der Waals surface area contributed by atoms with E-state index in [1.807, 2.05) is 42.5 Å². The Morgan fingerprint density at radius 1 is 0.978 bits per heavy atom. The van der Waals surface area contributed by atoms with E-state index in [1.54, 1.807) is 12.1 Å². The lowest BCUT2D eigenvalue weighted by atomic mass is 9.61. The summed E-state index contributed by atoms with van der Waals surface area (Å²) in [5.41, 5.74) is 3.92. The first-order chi connectivity index (χ1) is 21.8. The van der Waals surface area contributed by atoms with Crippen LogP contribution in [0.1, 0.15) is 18.4 Å². The van der Waals surface area contributed by atoms with Crippen LogP contribution in [0.15, 0.2) is 81.9 Å².